The van der Waals surface area contributed by atoms with E-state index in [1.807, 2.05) is 12.1 Å². The van der Waals surface area contributed by atoms with Gasteiger partial charge in [-0.15, -0.1) is 0 Å². The van der Waals surface area contributed by atoms with Crippen molar-refractivity contribution < 1.29 is 14.3 Å². The standard InChI is InChI=1S/C20H21N3O3/c21-19(24)14-26-18-9-4-2-7-16(18)20(25)22-11-5-12-23-13-10-15-6-1-3-8-17(15)23/h1-4,6-10,13H,5,11-12,14H2,(H2,21,24)(H,22,25). The Bertz CT molecular complexity index is 917. The Balaban J connectivity index is 1.54. The zero-order valence-electron chi connectivity index (χ0n) is 14.4. The molecule has 6 heteroatoms. The molecule has 0 atom stereocenters. The number of hydrogen-bond acceptors (Lipinski definition) is 3. The molecule has 0 fully saturated rings. The maximum atomic E-state index is 12.4. The smallest absolute Gasteiger partial charge is 0.255 e. The summed E-state index contributed by atoms with van der Waals surface area (Å²) in [5.74, 6) is -0.471. The predicted molar refractivity (Wildman–Crippen MR) is 100 cm³/mol. The molecule has 3 aromatic rings. The lowest BCUT2D eigenvalue weighted by Gasteiger charge is -2.11. The highest BCUT2D eigenvalue weighted by atomic mass is 16.5. The number of primary amides is 1. The van der Waals surface area contributed by atoms with Crippen LogP contribution in [-0.4, -0.2) is 29.5 Å². The third-order valence-electron chi connectivity index (χ3n) is 4.04. The number of aryl methyl sites for hydroxylation is 1. The first-order valence-corrected chi connectivity index (χ1v) is 8.47. The Kier molecular flexibility index (Phi) is 5.53. The quantitative estimate of drug-likeness (QED) is 0.611. The van der Waals surface area contributed by atoms with Gasteiger partial charge in [-0.2, -0.15) is 0 Å². The minimum atomic E-state index is -0.584. The van der Waals surface area contributed by atoms with Crippen molar-refractivity contribution in [3.8, 4) is 5.75 Å². The molecule has 26 heavy (non-hydrogen) atoms. The van der Waals surface area contributed by atoms with Crippen molar-refractivity contribution in [2.45, 2.75) is 13.0 Å². The van der Waals surface area contributed by atoms with E-state index in [1.54, 1.807) is 24.3 Å². The Morgan fingerprint density at radius 2 is 1.81 bits per heavy atom. The first kappa shape index (κ1) is 17.5. The third-order valence-corrected chi connectivity index (χ3v) is 4.04. The number of carbonyl (C=O) groups is 2. The number of hydrogen-bond donors (Lipinski definition) is 2. The van der Waals surface area contributed by atoms with Crippen LogP contribution in [0.25, 0.3) is 10.9 Å². The van der Waals surface area contributed by atoms with Gasteiger partial charge in [-0.05, 0) is 36.1 Å². The van der Waals surface area contributed by atoms with Gasteiger partial charge in [0.15, 0.2) is 6.61 Å². The van der Waals surface area contributed by atoms with Gasteiger partial charge < -0.3 is 20.4 Å². The summed E-state index contributed by atoms with van der Waals surface area (Å²) in [4.78, 5) is 23.2. The summed E-state index contributed by atoms with van der Waals surface area (Å²) in [6.07, 6.45) is 2.86. The van der Waals surface area contributed by atoms with Crippen LogP contribution >= 0.6 is 0 Å². The van der Waals surface area contributed by atoms with Crippen LogP contribution in [0.3, 0.4) is 0 Å². The van der Waals surface area contributed by atoms with Crippen LogP contribution in [-0.2, 0) is 11.3 Å². The second kappa shape index (κ2) is 8.20. The fraction of sp³-hybridized carbons (Fsp3) is 0.200. The number of aromatic nitrogens is 1. The molecule has 0 aliphatic heterocycles. The van der Waals surface area contributed by atoms with Gasteiger partial charge in [0.1, 0.15) is 5.75 Å². The lowest BCUT2D eigenvalue weighted by Crippen LogP contribution is -2.26. The molecular formula is C20H21N3O3. The van der Waals surface area contributed by atoms with Gasteiger partial charge in [-0.1, -0.05) is 30.3 Å². The SMILES string of the molecule is NC(=O)COc1ccccc1C(=O)NCCCn1ccc2ccccc21. The maximum absolute atomic E-state index is 12.4. The van der Waals surface area contributed by atoms with E-state index in [0.717, 1.165) is 13.0 Å². The second-order valence-electron chi connectivity index (χ2n) is 5.93. The largest absolute Gasteiger partial charge is 0.483 e. The van der Waals surface area contributed by atoms with Crippen molar-refractivity contribution in [1.29, 1.82) is 0 Å². The van der Waals surface area contributed by atoms with Crippen LogP contribution in [0, 0.1) is 0 Å². The molecule has 0 saturated carbocycles. The van der Waals surface area contributed by atoms with Gasteiger partial charge in [-0.25, -0.2) is 0 Å². The molecule has 0 bridgehead atoms. The Hall–Kier alpha value is -3.28. The minimum Gasteiger partial charge on any atom is -0.483 e. The normalized spacial score (nSPS) is 10.6. The van der Waals surface area contributed by atoms with Crippen molar-refractivity contribution in [1.82, 2.24) is 9.88 Å². The van der Waals surface area contributed by atoms with Gasteiger partial charge in [0.2, 0.25) is 0 Å². The molecule has 3 N–H and O–H groups in total. The summed E-state index contributed by atoms with van der Waals surface area (Å²) in [6.45, 7) is 1.09. The van der Waals surface area contributed by atoms with Crippen molar-refractivity contribution >= 4 is 22.7 Å². The highest BCUT2D eigenvalue weighted by Crippen LogP contribution is 2.18. The van der Waals surface area contributed by atoms with E-state index in [2.05, 4.69) is 34.3 Å². The van der Waals surface area contributed by atoms with Gasteiger partial charge in [0, 0.05) is 24.8 Å². The molecule has 1 aromatic heterocycles. The van der Waals surface area contributed by atoms with Crippen molar-refractivity contribution in [2.75, 3.05) is 13.2 Å². The van der Waals surface area contributed by atoms with Crippen LogP contribution in [0.5, 0.6) is 5.75 Å². The van der Waals surface area contributed by atoms with E-state index in [9.17, 15) is 9.59 Å². The van der Waals surface area contributed by atoms with Crippen molar-refractivity contribution in [3.63, 3.8) is 0 Å². The topological polar surface area (TPSA) is 86.4 Å². The first-order chi connectivity index (χ1) is 12.6. The molecule has 0 radical (unpaired) electrons. The predicted octanol–water partition coefficient (Wildman–Crippen LogP) is 2.33. The maximum Gasteiger partial charge on any atom is 0.255 e. The van der Waals surface area contributed by atoms with E-state index in [4.69, 9.17) is 10.5 Å². The minimum absolute atomic E-state index is 0.234. The van der Waals surface area contributed by atoms with E-state index in [-0.39, 0.29) is 12.5 Å². The number of nitrogens with zero attached hydrogens (tertiary/aromatic N) is 1. The van der Waals surface area contributed by atoms with Crippen LogP contribution in [0.2, 0.25) is 0 Å². The Morgan fingerprint density at radius 3 is 2.65 bits per heavy atom. The lowest BCUT2D eigenvalue weighted by molar-refractivity contribution is -0.119. The van der Waals surface area contributed by atoms with Crippen molar-refractivity contribution in [2.24, 2.45) is 5.73 Å². The summed E-state index contributed by atoms with van der Waals surface area (Å²) >= 11 is 0. The molecule has 1 heterocycles. The van der Waals surface area contributed by atoms with E-state index in [0.29, 0.717) is 17.9 Å². The number of benzene rings is 2. The number of nitrogens with two attached hydrogens (primary N) is 1. The molecule has 2 aromatic carbocycles. The number of nitrogens with one attached hydrogen (secondary N) is 1. The summed E-state index contributed by atoms with van der Waals surface area (Å²) in [6, 6.07) is 17.1. The van der Waals surface area contributed by atoms with Gasteiger partial charge in [-0.3, -0.25) is 9.59 Å². The molecule has 6 nitrogen and oxygen atoms in total. The van der Waals surface area contributed by atoms with Crippen LogP contribution < -0.4 is 15.8 Å². The average Bonchev–Trinajstić information content (AvgIpc) is 3.07. The summed E-state index contributed by atoms with van der Waals surface area (Å²) in [5, 5.41) is 4.09. The van der Waals surface area contributed by atoms with Gasteiger partial charge >= 0.3 is 0 Å². The molecule has 0 spiro atoms. The molecule has 0 unspecified atom stereocenters. The zero-order valence-corrected chi connectivity index (χ0v) is 14.4. The fourth-order valence-electron chi connectivity index (χ4n) is 2.81. The summed E-state index contributed by atoms with van der Waals surface area (Å²) in [7, 11) is 0. The molecule has 0 aliphatic carbocycles. The third kappa shape index (κ3) is 4.22. The highest BCUT2D eigenvalue weighted by molar-refractivity contribution is 5.97. The number of fused-ring (bicyclic) bond motifs is 1. The number of para-hydroxylation sites is 2. The average molecular weight is 351 g/mol. The first-order valence-electron chi connectivity index (χ1n) is 8.47. The number of carbonyl (C=O) groups excluding carboxylic acids is 2. The van der Waals surface area contributed by atoms with Crippen LogP contribution in [0.1, 0.15) is 16.8 Å². The van der Waals surface area contributed by atoms with Gasteiger partial charge in [0.25, 0.3) is 11.8 Å². The monoisotopic (exact) mass is 351 g/mol. The van der Waals surface area contributed by atoms with Crippen molar-refractivity contribution in [3.05, 3.63) is 66.4 Å². The van der Waals surface area contributed by atoms with Crippen LogP contribution in [0.15, 0.2) is 60.8 Å². The molecule has 0 saturated heterocycles. The molecular weight excluding hydrogens is 330 g/mol. The number of ether oxygens (including phenoxy) is 1. The zero-order chi connectivity index (χ0) is 18.4. The van der Waals surface area contributed by atoms with Crippen LogP contribution in [0.4, 0.5) is 0 Å². The fourth-order valence-corrected chi connectivity index (χ4v) is 2.81. The van der Waals surface area contributed by atoms with E-state index >= 15 is 0 Å². The molecule has 2 amide bonds. The summed E-state index contributed by atoms with van der Waals surface area (Å²) in [5.41, 5.74) is 6.66. The van der Waals surface area contributed by atoms with Gasteiger partial charge in [0.05, 0.1) is 5.56 Å². The molecule has 0 aliphatic rings. The summed E-state index contributed by atoms with van der Waals surface area (Å²) < 4.78 is 7.47. The molecule has 3 rings (SSSR count). The van der Waals surface area contributed by atoms with E-state index < -0.39 is 5.91 Å². The molecule has 134 valence electrons. The number of rotatable bonds is 8. The van der Waals surface area contributed by atoms with E-state index in [1.165, 1.54) is 10.9 Å². The number of amides is 2. The Morgan fingerprint density at radius 1 is 1.04 bits per heavy atom. The Labute approximate surface area is 151 Å². The second-order valence-corrected chi connectivity index (χ2v) is 5.93. The highest BCUT2D eigenvalue weighted by Gasteiger charge is 2.12. The lowest BCUT2D eigenvalue weighted by atomic mass is 10.2.